The molecule has 0 unspecified atom stereocenters. The van der Waals surface area contributed by atoms with Gasteiger partial charge in [0.15, 0.2) is 0 Å². The summed E-state index contributed by atoms with van der Waals surface area (Å²) in [4.78, 5) is 19.1. The van der Waals surface area contributed by atoms with Gasteiger partial charge in [-0.15, -0.1) is 6.58 Å². The lowest BCUT2D eigenvalue weighted by atomic mass is 10.0. The number of carbonyl (C=O) groups is 1. The van der Waals surface area contributed by atoms with Crippen LogP contribution in [-0.2, 0) is 6.54 Å². The fraction of sp³-hybridized carbons (Fsp3) is 0.227. The number of methoxy groups -OCH3 is 1. The summed E-state index contributed by atoms with van der Waals surface area (Å²) < 4.78 is 10.5. The number of hydrogen-bond donors (Lipinski definition) is 0. The number of rotatable bonds is 7. The van der Waals surface area contributed by atoms with Gasteiger partial charge in [0.25, 0.3) is 5.91 Å². The first-order valence-corrected chi connectivity index (χ1v) is 8.96. The van der Waals surface area contributed by atoms with E-state index in [1.54, 1.807) is 18.1 Å². The number of benzene rings is 2. The number of ether oxygens (including phenoxy) is 1. The van der Waals surface area contributed by atoms with Crippen LogP contribution in [0.25, 0.3) is 11.4 Å². The summed E-state index contributed by atoms with van der Waals surface area (Å²) >= 11 is 0. The Morgan fingerprint density at radius 2 is 1.96 bits per heavy atom. The molecular weight excluding hydrogens is 354 g/mol. The zero-order valence-corrected chi connectivity index (χ0v) is 16.3. The summed E-state index contributed by atoms with van der Waals surface area (Å²) in [5, 5.41) is 4.03. The molecule has 0 aliphatic carbocycles. The molecule has 0 aliphatic rings. The average Bonchev–Trinajstić information content (AvgIpc) is 3.17. The molecule has 3 aromatic rings. The lowest BCUT2D eigenvalue weighted by molar-refractivity contribution is 0.0744. The van der Waals surface area contributed by atoms with Crippen LogP contribution in [0.1, 0.15) is 27.4 Å². The molecular formula is C22H23N3O3. The summed E-state index contributed by atoms with van der Waals surface area (Å²) in [6.07, 6.45) is 1.68. The van der Waals surface area contributed by atoms with E-state index in [-0.39, 0.29) is 12.5 Å². The van der Waals surface area contributed by atoms with E-state index in [4.69, 9.17) is 9.26 Å². The largest absolute Gasteiger partial charge is 0.497 e. The average molecular weight is 377 g/mol. The van der Waals surface area contributed by atoms with Crippen molar-refractivity contribution in [3.63, 3.8) is 0 Å². The van der Waals surface area contributed by atoms with E-state index >= 15 is 0 Å². The minimum absolute atomic E-state index is 0.0923. The standard InChI is InChI=1S/C22H23N3O3/c1-5-12-25(22(26)19-13-15(2)6-7-16(19)3)14-20-23-21(24-28-20)17-8-10-18(27-4)11-9-17/h5-11,13H,1,12,14H2,2-4H3. The maximum atomic E-state index is 13.0. The van der Waals surface area contributed by atoms with Crippen molar-refractivity contribution in [1.29, 1.82) is 0 Å². The fourth-order valence-electron chi connectivity index (χ4n) is 2.85. The zero-order chi connectivity index (χ0) is 20.1. The third kappa shape index (κ3) is 4.28. The van der Waals surface area contributed by atoms with Crippen LogP contribution in [0.3, 0.4) is 0 Å². The van der Waals surface area contributed by atoms with Gasteiger partial charge in [-0.2, -0.15) is 4.98 Å². The molecule has 6 heteroatoms. The van der Waals surface area contributed by atoms with Crippen molar-refractivity contribution in [3.05, 3.63) is 77.7 Å². The van der Waals surface area contributed by atoms with Gasteiger partial charge >= 0.3 is 0 Å². The molecule has 2 aromatic carbocycles. The third-order valence-electron chi connectivity index (χ3n) is 4.40. The van der Waals surface area contributed by atoms with E-state index in [9.17, 15) is 4.79 Å². The summed E-state index contributed by atoms with van der Waals surface area (Å²) in [5.74, 6) is 1.50. The molecule has 1 heterocycles. The molecule has 0 spiro atoms. The first-order valence-electron chi connectivity index (χ1n) is 8.96. The summed E-state index contributed by atoms with van der Waals surface area (Å²) in [7, 11) is 1.61. The Balaban J connectivity index is 1.81. The zero-order valence-electron chi connectivity index (χ0n) is 16.3. The number of hydrogen-bond acceptors (Lipinski definition) is 5. The van der Waals surface area contributed by atoms with Crippen LogP contribution in [0, 0.1) is 13.8 Å². The van der Waals surface area contributed by atoms with Crippen LogP contribution in [0.15, 0.2) is 59.6 Å². The van der Waals surface area contributed by atoms with E-state index in [0.717, 1.165) is 22.4 Å². The van der Waals surface area contributed by atoms with Crippen molar-refractivity contribution >= 4 is 5.91 Å². The topological polar surface area (TPSA) is 68.5 Å². The summed E-state index contributed by atoms with van der Waals surface area (Å²) in [6.45, 7) is 8.24. The Morgan fingerprint density at radius 3 is 2.64 bits per heavy atom. The maximum Gasteiger partial charge on any atom is 0.254 e. The highest BCUT2D eigenvalue weighted by molar-refractivity contribution is 5.95. The number of amides is 1. The van der Waals surface area contributed by atoms with Crippen LogP contribution >= 0.6 is 0 Å². The Bertz CT molecular complexity index is 977. The fourth-order valence-corrected chi connectivity index (χ4v) is 2.85. The minimum Gasteiger partial charge on any atom is -0.497 e. The van der Waals surface area contributed by atoms with E-state index < -0.39 is 0 Å². The first kappa shape index (κ1) is 19.4. The first-order chi connectivity index (χ1) is 13.5. The van der Waals surface area contributed by atoms with Gasteiger partial charge in [-0.05, 0) is 49.7 Å². The van der Waals surface area contributed by atoms with Crippen molar-refractivity contribution < 1.29 is 14.1 Å². The van der Waals surface area contributed by atoms with Gasteiger partial charge in [0.1, 0.15) is 12.3 Å². The molecule has 1 amide bonds. The van der Waals surface area contributed by atoms with Crippen molar-refractivity contribution in [3.8, 4) is 17.1 Å². The van der Waals surface area contributed by atoms with Crippen molar-refractivity contribution in [2.75, 3.05) is 13.7 Å². The third-order valence-corrected chi connectivity index (χ3v) is 4.40. The number of aryl methyl sites for hydroxylation is 2. The molecule has 144 valence electrons. The van der Waals surface area contributed by atoms with Gasteiger partial charge < -0.3 is 14.2 Å². The van der Waals surface area contributed by atoms with Gasteiger partial charge in [-0.25, -0.2) is 0 Å². The number of nitrogens with zero attached hydrogens (tertiary/aromatic N) is 3. The van der Waals surface area contributed by atoms with Crippen molar-refractivity contribution in [2.24, 2.45) is 0 Å². The lowest BCUT2D eigenvalue weighted by Crippen LogP contribution is -2.31. The number of aromatic nitrogens is 2. The lowest BCUT2D eigenvalue weighted by Gasteiger charge is -2.20. The van der Waals surface area contributed by atoms with Crippen LogP contribution in [0.4, 0.5) is 0 Å². The highest BCUT2D eigenvalue weighted by Crippen LogP contribution is 2.21. The minimum atomic E-state index is -0.0923. The molecule has 3 rings (SSSR count). The predicted molar refractivity (Wildman–Crippen MR) is 107 cm³/mol. The van der Waals surface area contributed by atoms with E-state index in [0.29, 0.717) is 23.8 Å². The van der Waals surface area contributed by atoms with Gasteiger partial charge in [0.2, 0.25) is 11.7 Å². The molecule has 0 bridgehead atoms. The normalized spacial score (nSPS) is 10.5. The summed E-state index contributed by atoms with van der Waals surface area (Å²) in [6, 6.07) is 13.2. The molecule has 0 radical (unpaired) electrons. The van der Waals surface area contributed by atoms with Gasteiger partial charge in [-0.3, -0.25) is 4.79 Å². The highest BCUT2D eigenvalue weighted by atomic mass is 16.5. The van der Waals surface area contributed by atoms with E-state index in [1.807, 2.05) is 56.3 Å². The van der Waals surface area contributed by atoms with Crippen LogP contribution in [0.2, 0.25) is 0 Å². The Labute approximate surface area is 164 Å². The smallest absolute Gasteiger partial charge is 0.254 e. The van der Waals surface area contributed by atoms with Crippen LogP contribution in [0.5, 0.6) is 5.75 Å². The molecule has 0 fully saturated rings. The van der Waals surface area contributed by atoms with Crippen LogP contribution < -0.4 is 4.74 Å². The Hall–Kier alpha value is -3.41. The molecule has 0 saturated heterocycles. The second kappa shape index (κ2) is 8.52. The van der Waals surface area contributed by atoms with Crippen molar-refractivity contribution in [1.82, 2.24) is 15.0 Å². The van der Waals surface area contributed by atoms with Gasteiger partial charge in [0, 0.05) is 17.7 Å². The molecule has 0 aliphatic heterocycles. The monoisotopic (exact) mass is 377 g/mol. The van der Waals surface area contributed by atoms with Gasteiger partial charge in [-0.1, -0.05) is 28.9 Å². The van der Waals surface area contributed by atoms with E-state index in [2.05, 4.69) is 16.7 Å². The molecule has 6 nitrogen and oxygen atoms in total. The molecule has 28 heavy (non-hydrogen) atoms. The predicted octanol–water partition coefficient (Wildman–Crippen LogP) is 4.19. The Kier molecular flexibility index (Phi) is 5.89. The molecule has 0 N–H and O–H groups in total. The number of carbonyl (C=O) groups excluding carboxylic acids is 1. The van der Waals surface area contributed by atoms with Crippen molar-refractivity contribution in [2.45, 2.75) is 20.4 Å². The van der Waals surface area contributed by atoms with Crippen LogP contribution in [-0.4, -0.2) is 34.6 Å². The molecule has 1 aromatic heterocycles. The SMILES string of the molecule is C=CCN(Cc1nc(-c2ccc(OC)cc2)no1)C(=O)c1cc(C)ccc1C. The Morgan fingerprint density at radius 1 is 1.21 bits per heavy atom. The maximum absolute atomic E-state index is 13.0. The second-order valence-corrected chi connectivity index (χ2v) is 6.53. The quantitative estimate of drug-likeness (QED) is 0.578. The summed E-state index contributed by atoms with van der Waals surface area (Å²) in [5.41, 5.74) is 3.44. The highest BCUT2D eigenvalue weighted by Gasteiger charge is 2.20. The molecule has 0 atom stereocenters. The molecule has 0 saturated carbocycles. The second-order valence-electron chi connectivity index (χ2n) is 6.53. The van der Waals surface area contributed by atoms with Gasteiger partial charge in [0.05, 0.1) is 7.11 Å². The van der Waals surface area contributed by atoms with E-state index in [1.165, 1.54) is 0 Å².